The van der Waals surface area contributed by atoms with Crippen molar-refractivity contribution in [1.29, 1.82) is 0 Å². The van der Waals surface area contributed by atoms with E-state index in [9.17, 15) is 9.59 Å². The predicted molar refractivity (Wildman–Crippen MR) is 72.4 cm³/mol. The van der Waals surface area contributed by atoms with Gasteiger partial charge < -0.3 is 4.74 Å². The van der Waals surface area contributed by atoms with E-state index in [1.165, 1.54) is 6.92 Å². The third kappa shape index (κ3) is 4.53. The van der Waals surface area contributed by atoms with Crippen molar-refractivity contribution in [3.8, 4) is 0 Å². The Morgan fingerprint density at radius 1 is 1.17 bits per heavy atom. The molecule has 0 N–H and O–H groups in total. The number of aryl methyl sites for hydroxylation is 1. The maximum atomic E-state index is 12.1. The zero-order chi connectivity index (χ0) is 13.7. The largest absolute Gasteiger partial charge is 0.453 e. The molecule has 0 aliphatic heterocycles. The fourth-order valence-corrected chi connectivity index (χ4v) is 2.36. The molecule has 4 heteroatoms. The Balaban J connectivity index is 2.72. The minimum absolute atomic E-state index is 0.0284. The summed E-state index contributed by atoms with van der Waals surface area (Å²) in [5, 5.41) is -0.135. The van der Waals surface area contributed by atoms with Crippen LogP contribution in [0, 0.1) is 12.8 Å². The van der Waals surface area contributed by atoms with Crippen LogP contribution in [-0.4, -0.2) is 17.2 Å². The second-order valence-corrected chi connectivity index (χ2v) is 5.59. The summed E-state index contributed by atoms with van der Waals surface area (Å²) in [4.78, 5) is 23.9. The molecule has 0 aliphatic rings. The topological polar surface area (TPSA) is 43.4 Å². The lowest BCUT2D eigenvalue weighted by Gasteiger charge is -2.18. The normalized spacial score (nSPS) is 12.3. The number of benzene rings is 1. The van der Waals surface area contributed by atoms with E-state index in [0.29, 0.717) is 0 Å². The lowest BCUT2D eigenvalue weighted by atomic mass is 10.1. The number of hydrogen-bond acceptors (Lipinski definition) is 4. The van der Waals surface area contributed by atoms with Crippen molar-refractivity contribution in [2.75, 3.05) is 0 Å². The summed E-state index contributed by atoms with van der Waals surface area (Å²) in [7, 11) is 0. The number of carbonyl (C=O) groups is 2. The van der Waals surface area contributed by atoms with Crippen LogP contribution in [0.2, 0.25) is 0 Å². The lowest BCUT2D eigenvalue weighted by Crippen LogP contribution is -2.29. The van der Waals surface area contributed by atoms with Crippen LogP contribution in [0.4, 0.5) is 0 Å². The molecule has 1 unspecified atom stereocenters. The van der Waals surface area contributed by atoms with Gasteiger partial charge in [0.05, 0.1) is 0 Å². The molecule has 18 heavy (non-hydrogen) atoms. The van der Waals surface area contributed by atoms with E-state index in [0.717, 1.165) is 22.2 Å². The summed E-state index contributed by atoms with van der Waals surface area (Å²) in [6.45, 7) is 7.04. The summed E-state index contributed by atoms with van der Waals surface area (Å²) in [6.07, 6.45) is -0.686. The Morgan fingerprint density at radius 2 is 1.72 bits per heavy atom. The molecule has 1 atom stereocenters. The van der Waals surface area contributed by atoms with E-state index in [1.54, 1.807) is 0 Å². The first-order valence-electron chi connectivity index (χ1n) is 5.85. The summed E-state index contributed by atoms with van der Waals surface area (Å²) in [6, 6.07) is 7.68. The van der Waals surface area contributed by atoms with Crippen LogP contribution in [0.25, 0.3) is 0 Å². The number of ether oxygens (including phenoxy) is 1. The molecule has 1 aromatic carbocycles. The van der Waals surface area contributed by atoms with Gasteiger partial charge in [0.25, 0.3) is 0 Å². The van der Waals surface area contributed by atoms with Gasteiger partial charge in [0.1, 0.15) is 0 Å². The van der Waals surface area contributed by atoms with Crippen molar-refractivity contribution in [3.63, 3.8) is 0 Å². The first-order chi connectivity index (χ1) is 8.40. The van der Waals surface area contributed by atoms with E-state index in [2.05, 4.69) is 0 Å². The second kappa shape index (κ2) is 6.59. The highest BCUT2D eigenvalue weighted by Gasteiger charge is 2.25. The van der Waals surface area contributed by atoms with Crippen LogP contribution in [-0.2, 0) is 14.3 Å². The first-order valence-corrected chi connectivity index (χ1v) is 6.67. The highest BCUT2D eigenvalue weighted by Crippen LogP contribution is 2.24. The summed E-state index contributed by atoms with van der Waals surface area (Å²) in [5.41, 5.74) is 1.15. The van der Waals surface area contributed by atoms with E-state index in [1.807, 2.05) is 45.0 Å². The molecular weight excluding hydrogens is 248 g/mol. The van der Waals surface area contributed by atoms with Gasteiger partial charge in [-0.05, 0) is 36.7 Å². The van der Waals surface area contributed by atoms with E-state index in [4.69, 9.17) is 4.74 Å². The van der Waals surface area contributed by atoms with Gasteiger partial charge in [-0.1, -0.05) is 31.5 Å². The van der Waals surface area contributed by atoms with Gasteiger partial charge in [0.15, 0.2) is 6.10 Å². The van der Waals surface area contributed by atoms with E-state index in [-0.39, 0.29) is 11.0 Å². The number of thioether (sulfide) groups is 1. The van der Waals surface area contributed by atoms with Crippen molar-refractivity contribution in [1.82, 2.24) is 0 Å². The Labute approximate surface area is 112 Å². The zero-order valence-corrected chi connectivity index (χ0v) is 11.9. The Hall–Kier alpha value is -1.29. The van der Waals surface area contributed by atoms with Crippen LogP contribution in [0.1, 0.15) is 26.3 Å². The molecular formula is C14H18O3S. The molecule has 0 radical (unpaired) electrons. The van der Waals surface area contributed by atoms with E-state index < -0.39 is 12.1 Å². The third-order valence-corrected chi connectivity index (χ3v) is 3.31. The molecule has 0 aliphatic carbocycles. The van der Waals surface area contributed by atoms with Crippen LogP contribution in [0.15, 0.2) is 29.2 Å². The first kappa shape index (κ1) is 14.8. The van der Waals surface area contributed by atoms with Gasteiger partial charge in [-0.25, -0.2) is 0 Å². The maximum absolute atomic E-state index is 12.1. The molecule has 0 spiro atoms. The molecule has 3 nitrogen and oxygen atoms in total. The molecule has 98 valence electrons. The number of rotatable bonds is 4. The molecule has 0 amide bonds. The van der Waals surface area contributed by atoms with Gasteiger partial charge in [0, 0.05) is 11.8 Å². The van der Waals surface area contributed by atoms with Gasteiger partial charge in [-0.3, -0.25) is 9.59 Å². The number of hydrogen-bond donors (Lipinski definition) is 0. The highest BCUT2D eigenvalue weighted by atomic mass is 32.2. The molecule has 0 saturated carbocycles. The quantitative estimate of drug-likeness (QED) is 0.620. The van der Waals surface area contributed by atoms with Crippen molar-refractivity contribution >= 4 is 22.8 Å². The SMILES string of the molecule is CC(=O)OC(C(=O)Sc1ccc(C)cc1)C(C)C. The smallest absolute Gasteiger partial charge is 0.303 e. The van der Waals surface area contributed by atoms with Crippen molar-refractivity contribution < 1.29 is 14.3 Å². The Morgan fingerprint density at radius 3 is 2.17 bits per heavy atom. The maximum Gasteiger partial charge on any atom is 0.303 e. The molecule has 0 aromatic heterocycles. The number of carbonyl (C=O) groups excluding carboxylic acids is 2. The second-order valence-electron chi connectivity index (χ2n) is 4.51. The van der Waals surface area contributed by atoms with Gasteiger partial charge in [0.2, 0.25) is 5.12 Å². The average Bonchev–Trinajstić information content (AvgIpc) is 2.28. The van der Waals surface area contributed by atoms with Gasteiger partial charge in [-0.2, -0.15) is 0 Å². The monoisotopic (exact) mass is 266 g/mol. The number of esters is 1. The van der Waals surface area contributed by atoms with Crippen molar-refractivity contribution in [3.05, 3.63) is 29.8 Å². The molecule has 1 rings (SSSR count). The molecule has 0 fully saturated rings. The molecule has 0 heterocycles. The predicted octanol–water partition coefficient (Wildman–Crippen LogP) is 3.20. The minimum Gasteiger partial charge on any atom is -0.453 e. The van der Waals surface area contributed by atoms with Gasteiger partial charge >= 0.3 is 5.97 Å². The minimum atomic E-state index is -0.686. The Kier molecular flexibility index (Phi) is 5.41. The third-order valence-electron chi connectivity index (χ3n) is 2.37. The fraction of sp³-hybridized carbons (Fsp3) is 0.429. The molecule has 1 aromatic rings. The fourth-order valence-electron chi connectivity index (χ4n) is 1.42. The summed E-state index contributed by atoms with van der Waals surface area (Å²) < 4.78 is 5.06. The lowest BCUT2D eigenvalue weighted by molar-refractivity contribution is -0.152. The zero-order valence-electron chi connectivity index (χ0n) is 11.1. The van der Waals surface area contributed by atoms with Crippen molar-refractivity contribution in [2.24, 2.45) is 5.92 Å². The standard InChI is InChI=1S/C14H18O3S/c1-9(2)13(17-11(4)15)14(16)18-12-7-5-10(3)6-8-12/h5-9,13H,1-4H3. The van der Waals surface area contributed by atoms with Gasteiger partial charge in [-0.15, -0.1) is 0 Å². The van der Waals surface area contributed by atoms with Crippen molar-refractivity contribution in [2.45, 2.75) is 38.7 Å². The van der Waals surface area contributed by atoms with Crippen LogP contribution < -0.4 is 0 Å². The van der Waals surface area contributed by atoms with E-state index >= 15 is 0 Å². The molecule has 0 bridgehead atoms. The van der Waals surface area contributed by atoms with Crippen LogP contribution >= 0.6 is 11.8 Å². The van der Waals surface area contributed by atoms with Crippen LogP contribution in [0.5, 0.6) is 0 Å². The Bertz CT molecular complexity index is 423. The summed E-state index contributed by atoms with van der Waals surface area (Å²) >= 11 is 1.11. The highest BCUT2D eigenvalue weighted by molar-refractivity contribution is 8.13. The summed E-state index contributed by atoms with van der Waals surface area (Å²) in [5.74, 6) is -0.453. The average molecular weight is 266 g/mol. The van der Waals surface area contributed by atoms with Crippen LogP contribution in [0.3, 0.4) is 0 Å². The molecule has 0 saturated heterocycles.